The number of carboxylic acids is 1. The average Bonchev–Trinajstić information content (AvgIpc) is 2.46. The molecule has 2 aromatic rings. The minimum atomic E-state index is -0.924. The fourth-order valence-electron chi connectivity index (χ4n) is 1.84. The molecule has 0 aliphatic heterocycles. The second-order valence-corrected chi connectivity index (χ2v) is 5.02. The van der Waals surface area contributed by atoms with Gasteiger partial charge in [0, 0.05) is 17.1 Å². The Morgan fingerprint density at radius 1 is 1.30 bits per heavy atom. The van der Waals surface area contributed by atoms with Crippen LogP contribution in [-0.2, 0) is 6.54 Å². The molecule has 0 atom stereocenters. The summed E-state index contributed by atoms with van der Waals surface area (Å²) in [4.78, 5) is 11.1. The van der Waals surface area contributed by atoms with E-state index in [-0.39, 0.29) is 0 Å². The summed E-state index contributed by atoms with van der Waals surface area (Å²) in [5.41, 5.74) is 1.89. The highest BCUT2D eigenvalue weighted by Gasteiger charge is 2.09. The van der Waals surface area contributed by atoms with E-state index in [1.165, 1.54) is 0 Å². The second-order valence-electron chi connectivity index (χ2n) is 4.16. The monoisotopic (exact) mass is 335 g/mol. The Morgan fingerprint density at radius 2 is 2.05 bits per heavy atom. The number of carbonyl (C=O) groups is 1. The van der Waals surface area contributed by atoms with Crippen LogP contribution in [0.5, 0.6) is 5.75 Å². The van der Waals surface area contributed by atoms with Crippen molar-refractivity contribution in [1.82, 2.24) is 0 Å². The van der Waals surface area contributed by atoms with E-state index in [1.807, 2.05) is 24.3 Å². The summed E-state index contributed by atoms with van der Waals surface area (Å²) in [6, 6.07) is 12.5. The predicted molar refractivity (Wildman–Crippen MR) is 81.4 cm³/mol. The average molecular weight is 336 g/mol. The van der Waals surface area contributed by atoms with E-state index < -0.39 is 5.97 Å². The van der Waals surface area contributed by atoms with Gasteiger partial charge in [-0.15, -0.1) is 0 Å². The van der Waals surface area contributed by atoms with Crippen LogP contribution < -0.4 is 10.1 Å². The van der Waals surface area contributed by atoms with Crippen LogP contribution in [0.25, 0.3) is 0 Å². The highest BCUT2D eigenvalue weighted by Crippen LogP contribution is 2.27. The zero-order valence-corrected chi connectivity index (χ0v) is 12.5. The molecule has 0 saturated heterocycles. The maximum atomic E-state index is 11.1. The zero-order valence-electron chi connectivity index (χ0n) is 10.9. The Balaban J connectivity index is 2.19. The van der Waals surface area contributed by atoms with Gasteiger partial charge in [-0.2, -0.15) is 0 Å². The number of aromatic carboxylic acids is 1. The van der Waals surface area contributed by atoms with E-state index in [0.717, 1.165) is 21.5 Å². The zero-order chi connectivity index (χ0) is 14.5. The maximum absolute atomic E-state index is 11.1. The predicted octanol–water partition coefficient (Wildman–Crippen LogP) is 3.77. The number of rotatable bonds is 5. The van der Waals surface area contributed by atoms with Gasteiger partial charge in [-0.25, -0.2) is 4.79 Å². The molecular weight excluding hydrogens is 322 g/mol. The molecule has 2 N–H and O–H groups in total. The first kappa shape index (κ1) is 14.4. The fourth-order valence-corrected chi connectivity index (χ4v) is 2.23. The molecule has 2 aromatic carbocycles. The smallest absolute Gasteiger partial charge is 0.336 e. The number of benzene rings is 2. The normalized spacial score (nSPS) is 10.1. The van der Waals surface area contributed by atoms with Gasteiger partial charge in [0.15, 0.2) is 0 Å². The minimum Gasteiger partial charge on any atom is -0.497 e. The second kappa shape index (κ2) is 6.43. The Kier molecular flexibility index (Phi) is 4.63. The van der Waals surface area contributed by atoms with Crippen LogP contribution in [0.3, 0.4) is 0 Å². The quantitative estimate of drug-likeness (QED) is 0.873. The number of halogens is 1. The molecule has 0 aromatic heterocycles. The van der Waals surface area contributed by atoms with Crippen molar-refractivity contribution in [3.8, 4) is 5.75 Å². The fraction of sp³-hybridized carbons (Fsp3) is 0.133. The van der Waals surface area contributed by atoms with Crippen molar-refractivity contribution >= 4 is 27.6 Å². The number of methoxy groups -OCH3 is 1. The standard InChI is InChI=1S/C15H14BrNO3/c1-20-11-6-7-13(16)14(8-11)17-9-10-4-2-3-5-12(10)15(18)19/h2-8,17H,9H2,1H3,(H,18,19). The molecule has 0 fully saturated rings. The molecule has 0 heterocycles. The number of nitrogens with one attached hydrogen (secondary N) is 1. The van der Waals surface area contributed by atoms with Gasteiger partial charge >= 0.3 is 5.97 Å². The third-order valence-electron chi connectivity index (χ3n) is 2.89. The Bertz CT molecular complexity index is 628. The molecule has 0 aliphatic carbocycles. The van der Waals surface area contributed by atoms with E-state index in [1.54, 1.807) is 25.3 Å². The van der Waals surface area contributed by atoms with Gasteiger partial charge in [-0.05, 0) is 39.7 Å². The molecular formula is C15H14BrNO3. The van der Waals surface area contributed by atoms with E-state index in [0.29, 0.717) is 12.1 Å². The van der Waals surface area contributed by atoms with Crippen molar-refractivity contribution in [2.75, 3.05) is 12.4 Å². The van der Waals surface area contributed by atoms with Gasteiger partial charge in [-0.1, -0.05) is 18.2 Å². The van der Waals surface area contributed by atoms with E-state index in [9.17, 15) is 4.79 Å². The number of hydrogen-bond acceptors (Lipinski definition) is 3. The van der Waals surface area contributed by atoms with Crippen molar-refractivity contribution in [2.45, 2.75) is 6.54 Å². The highest BCUT2D eigenvalue weighted by molar-refractivity contribution is 9.10. The van der Waals surface area contributed by atoms with Crippen molar-refractivity contribution in [2.24, 2.45) is 0 Å². The molecule has 0 amide bonds. The summed E-state index contributed by atoms with van der Waals surface area (Å²) in [6.45, 7) is 0.425. The number of ether oxygens (including phenoxy) is 1. The third-order valence-corrected chi connectivity index (χ3v) is 3.58. The molecule has 0 saturated carbocycles. The van der Waals surface area contributed by atoms with Gasteiger partial charge in [0.05, 0.1) is 18.4 Å². The third kappa shape index (κ3) is 3.30. The minimum absolute atomic E-state index is 0.305. The summed E-state index contributed by atoms with van der Waals surface area (Å²) in [5.74, 6) is -0.186. The molecule has 104 valence electrons. The highest BCUT2D eigenvalue weighted by atomic mass is 79.9. The van der Waals surface area contributed by atoms with Crippen LogP contribution in [0.15, 0.2) is 46.9 Å². The van der Waals surface area contributed by atoms with Crippen molar-refractivity contribution in [3.63, 3.8) is 0 Å². The van der Waals surface area contributed by atoms with Crippen LogP contribution in [0.4, 0.5) is 5.69 Å². The summed E-state index contributed by atoms with van der Waals surface area (Å²) in [5, 5.41) is 12.4. The van der Waals surface area contributed by atoms with Crippen LogP contribution in [0.1, 0.15) is 15.9 Å². The van der Waals surface area contributed by atoms with Gasteiger partial charge < -0.3 is 15.2 Å². The topological polar surface area (TPSA) is 58.6 Å². The molecule has 20 heavy (non-hydrogen) atoms. The SMILES string of the molecule is COc1ccc(Br)c(NCc2ccccc2C(=O)O)c1. The number of hydrogen-bond donors (Lipinski definition) is 2. The summed E-state index contributed by atoms with van der Waals surface area (Å²) in [7, 11) is 1.60. The molecule has 0 spiro atoms. The Morgan fingerprint density at radius 3 is 2.75 bits per heavy atom. The van der Waals surface area contributed by atoms with Crippen LogP contribution >= 0.6 is 15.9 Å². The first-order valence-corrected chi connectivity index (χ1v) is 6.79. The molecule has 2 rings (SSSR count). The van der Waals surface area contributed by atoms with E-state index in [2.05, 4.69) is 21.2 Å². The van der Waals surface area contributed by atoms with Gasteiger partial charge in [0.1, 0.15) is 5.75 Å². The largest absolute Gasteiger partial charge is 0.497 e. The molecule has 0 radical (unpaired) electrons. The van der Waals surface area contributed by atoms with Crippen LogP contribution in [-0.4, -0.2) is 18.2 Å². The van der Waals surface area contributed by atoms with Crippen molar-refractivity contribution in [1.29, 1.82) is 0 Å². The maximum Gasteiger partial charge on any atom is 0.336 e. The van der Waals surface area contributed by atoms with Crippen LogP contribution in [0.2, 0.25) is 0 Å². The van der Waals surface area contributed by atoms with E-state index in [4.69, 9.17) is 9.84 Å². The van der Waals surface area contributed by atoms with Crippen molar-refractivity contribution in [3.05, 3.63) is 58.1 Å². The molecule has 0 aliphatic rings. The Hall–Kier alpha value is -2.01. The van der Waals surface area contributed by atoms with Gasteiger partial charge in [-0.3, -0.25) is 0 Å². The van der Waals surface area contributed by atoms with Gasteiger partial charge in [0.25, 0.3) is 0 Å². The summed E-state index contributed by atoms with van der Waals surface area (Å²) < 4.78 is 6.06. The van der Waals surface area contributed by atoms with Gasteiger partial charge in [0.2, 0.25) is 0 Å². The number of anilines is 1. The van der Waals surface area contributed by atoms with E-state index >= 15 is 0 Å². The van der Waals surface area contributed by atoms with Crippen LogP contribution in [0, 0.1) is 0 Å². The lowest BCUT2D eigenvalue weighted by Crippen LogP contribution is -2.07. The molecule has 0 bridgehead atoms. The lowest BCUT2D eigenvalue weighted by atomic mass is 10.1. The molecule has 5 heteroatoms. The number of carboxylic acid groups (broad SMARTS) is 1. The first-order valence-electron chi connectivity index (χ1n) is 6.00. The molecule has 0 unspecified atom stereocenters. The lowest BCUT2D eigenvalue weighted by molar-refractivity contribution is 0.0696. The Labute approximate surface area is 125 Å². The molecule has 4 nitrogen and oxygen atoms in total. The first-order chi connectivity index (χ1) is 9.61. The summed E-state index contributed by atoms with van der Waals surface area (Å²) in [6.07, 6.45) is 0. The lowest BCUT2D eigenvalue weighted by Gasteiger charge is -2.12. The summed E-state index contributed by atoms with van der Waals surface area (Å²) >= 11 is 3.45. The van der Waals surface area contributed by atoms with Crippen molar-refractivity contribution < 1.29 is 14.6 Å².